The van der Waals surface area contributed by atoms with Gasteiger partial charge in [0.1, 0.15) is 0 Å². The Morgan fingerprint density at radius 2 is 2.09 bits per heavy atom. The average Bonchev–Trinajstić information content (AvgIpc) is 3.14. The number of fused-ring (bicyclic) bond motifs is 1. The van der Waals surface area contributed by atoms with Crippen molar-refractivity contribution in [1.29, 1.82) is 0 Å². The summed E-state index contributed by atoms with van der Waals surface area (Å²) in [6, 6.07) is 5.80. The quantitative estimate of drug-likeness (QED) is 0.891. The summed E-state index contributed by atoms with van der Waals surface area (Å²) in [4.78, 5) is 20.3. The molecule has 3 heterocycles. The van der Waals surface area contributed by atoms with Gasteiger partial charge < -0.3 is 14.5 Å². The molecule has 0 radical (unpaired) electrons. The zero-order valence-electron chi connectivity index (χ0n) is 12.4. The Morgan fingerprint density at radius 3 is 2.91 bits per heavy atom. The van der Waals surface area contributed by atoms with Crippen LogP contribution in [0.4, 0.5) is 5.95 Å². The number of aromatic amines is 1. The van der Waals surface area contributed by atoms with Gasteiger partial charge in [-0.15, -0.1) is 5.10 Å². The molecule has 114 valence electrons. The van der Waals surface area contributed by atoms with Crippen molar-refractivity contribution in [2.24, 2.45) is 0 Å². The molecule has 7 heteroatoms. The van der Waals surface area contributed by atoms with Crippen LogP contribution in [0.5, 0.6) is 0 Å². The lowest BCUT2D eigenvalue weighted by Crippen LogP contribution is -2.36. The monoisotopic (exact) mass is 299 g/mol. The van der Waals surface area contributed by atoms with Gasteiger partial charge in [-0.25, -0.2) is 0 Å². The fraction of sp³-hybridized carbons (Fsp3) is 0.400. The highest BCUT2D eigenvalue weighted by Crippen LogP contribution is 2.27. The second-order valence-corrected chi connectivity index (χ2v) is 5.62. The Morgan fingerprint density at radius 1 is 1.27 bits per heavy atom. The largest absolute Gasteiger partial charge is 0.378 e. The predicted molar refractivity (Wildman–Crippen MR) is 80.6 cm³/mol. The second kappa shape index (κ2) is 5.10. The Hall–Kier alpha value is -2.41. The SMILES string of the molecule is CN1Cc2cc(-c3nc(N4CCOCC4)n[nH]3)ccc2C1=O. The number of hydrogen-bond acceptors (Lipinski definition) is 5. The van der Waals surface area contributed by atoms with E-state index in [0.29, 0.717) is 25.7 Å². The number of benzene rings is 1. The molecule has 2 aromatic rings. The number of rotatable bonds is 2. The second-order valence-electron chi connectivity index (χ2n) is 5.62. The number of aromatic nitrogens is 3. The van der Waals surface area contributed by atoms with Crippen molar-refractivity contribution < 1.29 is 9.53 Å². The highest BCUT2D eigenvalue weighted by Gasteiger charge is 2.25. The zero-order chi connectivity index (χ0) is 15.1. The summed E-state index contributed by atoms with van der Waals surface area (Å²) in [7, 11) is 1.81. The van der Waals surface area contributed by atoms with Gasteiger partial charge in [0.15, 0.2) is 5.82 Å². The van der Waals surface area contributed by atoms with Gasteiger partial charge in [-0.1, -0.05) is 6.07 Å². The number of carbonyl (C=O) groups is 1. The van der Waals surface area contributed by atoms with Crippen LogP contribution in [0.3, 0.4) is 0 Å². The fourth-order valence-corrected chi connectivity index (χ4v) is 2.90. The Labute approximate surface area is 127 Å². The highest BCUT2D eigenvalue weighted by atomic mass is 16.5. The van der Waals surface area contributed by atoms with E-state index in [0.717, 1.165) is 35.6 Å². The van der Waals surface area contributed by atoms with Crippen LogP contribution in [0, 0.1) is 0 Å². The fourth-order valence-electron chi connectivity index (χ4n) is 2.90. The number of nitrogens with one attached hydrogen (secondary N) is 1. The Kier molecular flexibility index (Phi) is 3.07. The molecule has 0 unspecified atom stereocenters. The number of H-pyrrole nitrogens is 1. The molecule has 2 aliphatic rings. The summed E-state index contributed by atoms with van der Waals surface area (Å²) >= 11 is 0. The van der Waals surface area contributed by atoms with Gasteiger partial charge in [-0.05, 0) is 17.7 Å². The first kappa shape index (κ1) is 13.3. The molecule has 1 saturated heterocycles. The summed E-state index contributed by atoms with van der Waals surface area (Å²) in [6.45, 7) is 3.67. The van der Waals surface area contributed by atoms with Gasteiger partial charge in [0, 0.05) is 37.8 Å². The summed E-state index contributed by atoms with van der Waals surface area (Å²) < 4.78 is 5.34. The van der Waals surface area contributed by atoms with E-state index in [9.17, 15) is 4.79 Å². The molecule has 0 bridgehead atoms. The first-order chi connectivity index (χ1) is 10.7. The standard InChI is InChI=1S/C15H17N5O2/c1-19-9-11-8-10(2-3-12(11)14(19)21)13-16-15(18-17-13)20-4-6-22-7-5-20/h2-3,8H,4-7,9H2,1H3,(H,16,17,18). The summed E-state index contributed by atoms with van der Waals surface area (Å²) in [5.41, 5.74) is 2.77. The number of carbonyl (C=O) groups excluding carboxylic acids is 1. The molecule has 1 N–H and O–H groups in total. The Bertz CT molecular complexity index is 720. The van der Waals surface area contributed by atoms with Gasteiger partial charge in [-0.2, -0.15) is 4.98 Å². The van der Waals surface area contributed by atoms with E-state index in [4.69, 9.17) is 4.74 Å². The van der Waals surface area contributed by atoms with Crippen LogP contribution in [0.25, 0.3) is 11.4 Å². The van der Waals surface area contributed by atoms with Crippen LogP contribution < -0.4 is 4.90 Å². The minimum atomic E-state index is 0.0770. The maximum absolute atomic E-state index is 11.9. The third-order valence-electron chi connectivity index (χ3n) is 4.13. The van der Waals surface area contributed by atoms with Gasteiger partial charge in [0.25, 0.3) is 5.91 Å². The molecule has 1 aromatic heterocycles. The van der Waals surface area contributed by atoms with Crippen LogP contribution in [-0.2, 0) is 11.3 Å². The normalized spacial score (nSPS) is 18.0. The van der Waals surface area contributed by atoms with Crippen molar-refractivity contribution in [3.8, 4) is 11.4 Å². The van der Waals surface area contributed by atoms with E-state index in [1.165, 1.54) is 0 Å². The first-order valence-electron chi connectivity index (χ1n) is 7.36. The van der Waals surface area contributed by atoms with Crippen molar-refractivity contribution in [2.75, 3.05) is 38.3 Å². The number of nitrogens with zero attached hydrogens (tertiary/aromatic N) is 4. The molecule has 0 atom stereocenters. The third-order valence-corrected chi connectivity index (χ3v) is 4.13. The molecule has 0 spiro atoms. The molecule has 0 saturated carbocycles. The molecule has 2 aliphatic heterocycles. The molecule has 22 heavy (non-hydrogen) atoms. The van der Waals surface area contributed by atoms with Crippen molar-refractivity contribution in [2.45, 2.75) is 6.54 Å². The van der Waals surface area contributed by atoms with Gasteiger partial charge >= 0.3 is 0 Å². The average molecular weight is 299 g/mol. The van der Waals surface area contributed by atoms with Crippen molar-refractivity contribution in [3.05, 3.63) is 29.3 Å². The lowest BCUT2D eigenvalue weighted by Gasteiger charge is -2.25. The molecule has 4 rings (SSSR count). The smallest absolute Gasteiger partial charge is 0.254 e. The summed E-state index contributed by atoms with van der Waals surface area (Å²) in [6.07, 6.45) is 0. The lowest BCUT2D eigenvalue weighted by molar-refractivity contribution is 0.0816. The predicted octanol–water partition coefficient (Wildman–Crippen LogP) is 0.894. The molecular formula is C15H17N5O2. The van der Waals surface area contributed by atoms with E-state index < -0.39 is 0 Å². The minimum absolute atomic E-state index is 0.0770. The molecule has 7 nitrogen and oxygen atoms in total. The Balaban J connectivity index is 1.62. The molecule has 1 aromatic carbocycles. The summed E-state index contributed by atoms with van der Waals surface area (Å²) in [5, 5.41) is 7.29. The topological polar surface area (TPSA) is 74.4 Å². The number of anilines is 1. The molecular weight excluding hydrogens is 282 g/mol. The van der Waals surface area contributed by atoms with Gasteiger partial charge in [-0.3, -0.25) is 9.89 Å². The third kappa shape index (κ3) is 2.14. The highest BCUT2D eigenvalue weighted by molar-refractivity contribution is 5.98. The maximum Gasteiger partial charge on any atom is 0.254 e. The van der Waals surface area contributed by atoms with Crippen molar-refractivity contribution in [1.82, 2.24) is 20.1 Å². The number of ether oxygens (including phenoxy) is 1. The number of morpholine rings is 1. The van der Waals surface area contributed by atoms with Crippen LogP contribution in [0.1, 0.15) is 15.9 Å². The lowest BCUT2D eigenvalue weighted by atomic mass is 10.1. The molecule has 0 aliphatic carbocycles. The minimum Gasteiger partial charge on any atom is -0.378 e. The van der Waals surface area contributed by atoms with E-state index in [2.05, 4.69) is 20.1 Å². The van der Waals surface area contributed by atoms with Gasteiger partial charge in [0.2, 0.25) is 5.95 Å². The van der Waals surface area contributed by atoms with E-state index in [1.807, 2.05) is 25.2 Å². The molecule has 1 fully saturated rings. The zero-order valence-corrected chi connectivity index (χ0v) is 12.4. The van der Waals surface area contributed by atoms with Crippen molar-refractivity contribution >= 4 is 11.9 Å². The van der Waals surface area contributed by atoms with Crippen LogP contribution >= 0.6 is 0 Å². The van der Waals surface area contributed by atoms with E-state index in [-0.39, 0.29) is 5.91 Å². The van der Waals surface area contributed by atoms with E-state index in [1.54, 1.807) is 4.90 Å². The molecule has 1 amide bonds. The van der Waals surface area contributed by atoms with Crippen molar-refractivity contribution in [3.63, 3.8) is 0 Å². The van der Waals surface area contributed by atoms with Crippen LogP contribution in [0.2, 0.25) is 0 Å². The number of amides is 1. The van der Waals surface area contributed by atoms with Crippen LogP contribution in [-0.4, -0.2) is 59.3 Å². The number of hydrogen-bond donors (Lipinski definition) is 1. The van der Waals surface area contributed by atoms with Crippen LogP contribution in [0.15, 0.2) is 18.2 Å². The van der Waals surface area contributed by atoms with E-state index >= 15 is 0 Å². The maximum atomic E-state index is 11.9. The first-order valence-corrected chi connectivity index (χ1v) is 7.36. The summed E-state index contributed by atoms with van der Waals surface area (Å²) in [5.74, 6) is 1.51. The van der Waals surface area contributed by atoms with Gasteiger partial charge in [0.05, 0.1) is 13.2 Å².